The summed E-state index contributed by atoms with van der Waals surface area (Å²) in [6.45, 7) is 0.395. The average molecular weight is 400 g/mol. The van der Waals surface area contributed by atoms with Gasteiger partial charge in [-0.15, -0.1) is 0 Å². The van der Waals surface area contributed by atoms with Crippen molar-refractivity contribution in [2.45, 2.75) is 53.9 Å². The van der Waals surface area contributed by atoms with E-state index in [2.05, 4.69) is 0 Å². The number of hydrogen-bond donors (Lipinski definition) is 0. The van der Waals surface area contributed by atoms with Crippen molar-refractivity contribution in [3.63, 3.8) is 0 Å². The molecule has 3 rings (SSSR count). The summed E-state index contributed by atoms with van der Waals surface area (Å²) in [5.74, 6) is -0.550. The zero-order valence-corrected chi connectivity index (χ0v) is 16.3. The Bertz CT molecular complexity index is 837. The van der Waals surface area contributed by atoms with Crippen molar-refractivity contribution in [2.75, 3.05) is 18.8 Å². The highest BCUT2D eigenvalue weighted by molar-refractivity contribution is 7.92. The lowest BCUT2D eigenvalue weighted by Crippen LogP contribution is -2.58. The number of carbonyl (C=O) groups is 1. The summed E-state index contributed by atoms with van der Waals surface area (Å²) in [5.41, 5.74) is 0. The first kappa shape index (κ1) is 19.4. The molecule has 0 aromatic heterocycles. The molecule has 6 nitrogen and oxygen atoms in total. The van der Waals surface area contributed by atoms with Gasteiger partial charge >= 0.3 is 0 Å². The number of hydrogen-bond acceptors (Lipinski definition) is 5. The molecule has 0 bridgehead atoms. The van der Waals surface area contributed by atoms with Crippen LogP contribution in [-0.4, -0.2) is 57.0 Å². The van der Waals surface area contributed by atoms with E-state index in [-0.39, 0.29) is 41.3 Å². The van der Waals surface area contributed by atoms with Crippen molar-refractivity contribution in [1.82, 2.24) is 4.90 Å². The second-order valence-corrected chi connectivity index (χ2v) is 11.8. The van der Waals surface area contributed by atoms with E-state index in [1.807, 2.05) is 0 Å². The third-order valence-corrected chi connectivity index (χ3v) is 9.73. The van der Waals surface area contributed by atoms with Gasteiger partial charge in [-0.2, -0.15) is 0 Å². The van der Waals surface area contributed by atoms with Gasteiger partial charge in [-0.05, 0) is 25.0 Å². The highest BCUT2D eigenvalue weighted by Gasteiger charge is 2.43. The molecule has 1 saturated heterocycles. The van der Waals surface area contributed by atoms with Crippen LogP contribution in [0, 0.1) is 0 Å². The number of amides is 1. The van der Waals surface area contributed by atoms with E-state index < -0.39 is 24.9 Å². The van der Waals surface area contributed by atoms with Crippen molar-refractivity contribution in [1.29, 1.82) is 0 Å². The number of benzene rings is 1. The standard InChI is InChI=1S/C18H25NO5S2/c20-18(11-12-25(21,22)15-7-3-1-4-8-15)19-13-17(14-19)26(23,24)16-9-5-2-6-10-16/h1,3-4,7-8,16-17H,2,5-6,9-14H2. The lowest BCUT2D eigenvalue weighted by molar-refractivity contribution is -0.133. The molecule has 1 aliphatic heterocycles. The van der Waals surface area contributed by atoms with Crippen LogP contribution in [0.15, 0.2) is 35.2 Å². The van der Waals surface area contributed by atoms with Gasteiger partial charge in [-0.1, -0.05) is 37.5 Å². The minimum atomic E-state index is -3.50. The maximum absolute atomic E-state index is 12.6. The fourth-order valence-electron chi connectivity index (χ4n) is 3.64. The number of nitrogens with zero attached hydrogens (tertiary/aromatic N) is 1. The molecule has 26 heavy (non-hydrogen) atoms. The first-order valence-electron chi connectivity index (χ1n) is 9.09. The van der Waals surface area contributed by atoms with Crippen LogP contribution >= 0.6 is 0 Å². The monoisotopic (exact) mass is 399 g/mol. The summed E-state index contributed by atoms with van der Waals surface area (Å²) in [7, 11) is -6.69. The molecule has 0 radical (unpaired) electrons. The Morgan fingerprint density at radius 2 is 1.54 bits per heavy atom. The maximum Gasteiger partial charge on any atom is 0.223 e. The normalized spacial score (nSPS) is 19.9. The van der Waals surface area contributed by atoms with Gasteiger partial charge in [0.25, 0.3) is 0 Å². The molecule has 1 aromatic rings. The van der Waals surface area contributed by atoms with E-state index in [4.69, 9.17) is 0 Å². The van der Waals surface area contributed by atoms with Gasteiger partial charge in [0.1, 0.15) is 0 Å². The lowest BCUT2D eigenvalue weighted by atomic mass is 10.0. The Hall–Kier alpha value is -1.41. The van der Waals surface area contributed by atoms with Gasteiger partial charge in [-0.3, -0.25) is 4.79 Å². The van der Waals surface area contributed by atoms with Gasteiger partial charge in [0, 0.05) is 19.5 Å². The van der Waals surface area contributed by atoms with Crippen LogP contribution in [0.2, 0.25) is 0 Å². The molecule has 0 spiro atoms. The summed E-state index contributed by atoms with van der Waals surface area (Å²) in [6, 6.07) is 8.04. The Balaban J connectivity index is 1.51. The number of carbonyl (C=O) groups excluding carboxylic acids is 1. The number of rotatable bonds is 6. The van der Waals surface area contributed by atoms with Gasteiger partial charge in [0.15, 0.2) is 19.7 Å². The zero-order chi connectivity index (χ0) is 18.8. The molecular formula is C18H25NO5S2. The molecule has 8 heteroatoms. The van der Waals surface area contributed by atoms with Crippen LogP contribution in [0.3, 0.4) is 0 Å². The second-order valence-electron chi connectivity index (χ2n) is 7.15. The Kier molecular flexibility index (Phi) is 5.72. The highest BCUT2D eigenvalue weighted by atomic mass is 32.2. The molecule has 1 amide bonds. The average Bonchev–Trinajstić information content (AvgIpc) is 2.60. The van der Waals surface area contributed by atoms with Crippen LogP contribution in [0.1, 0.15) is 38.5 Å². The van der Waals surface area contributed by atoms with Crippen LogP contribution < -0.4 is 0 Å². The quantitative estimate of drug-likeness (QED) is 0.728. The lowest BCUT2D eigenvalue weighted by Gasteiger charge is -2.41. The number of sulfone groups is 2. The van der Waals surface area contributed by atoms with Gasteiger partial charge in [0.2, 0.25) is 5.91 Å². The smallest absolute Gasteiger partial charge is 0.223 e. The van der Waals surface area contributed by atoms with Crippen molar-refractivity contribution >= 4 is 25.6 Å². The van der Waals surface area contributed by atoms with E-state index in [9.17, 15) is 21.6 Å². The molecule has 144 valence electrons. The van der Waals surface area contributed by atoms with E-state index in [0.717, 1.165) is 32.1 Å². The Labute approximate surface area is 155 Å². The predicted molar refractivity (Wildman–Crippen MR) is 99.3 cm³/mol. The first-order valence-corrected chi connectivity index (χ1v) is 12.4. The minimum Gasteiger partial charge on any atom is -0.340 e. The largest absolute Gasteiger partial charge is 0.340 e. The summed E-state index contributed by atoms with van der Waals surface area (Å²) in [4.78, 5) is 13.9. The summed E-state index contributed by atoms with van der Waals surface area (Å²) >= 11 is 0. The van der Waals surface area contributed by atoms with Crippen LogP contribution in [0.25, 0.3) is 0 Å². The Morgan fingerprint density at radius 3 is 2.15 bits per heavy atom. The molecule has 0 atom stereocenters. The van der Waals surface area contributed by atoms with Crippen molar-refractivity contribution in [3.8, 4) is 0 Å². The maximum atomic E-state index is 12.6. The first-order chi connectivity index (χ1) is 12.3. The SMILES string of the molecule is O=C(CCS(=O)(=O)c1ccccc1)N1CC(S(=O)(=O)C2CCCCC2)C1. The second kappa shape index (κ2) is 7.68. The van der Waals surface area contributed by atoms with Gasteiger partial charge in [-0.25, -0.2) is 16.8 Å². The highest BCUT2D eigenvalue weighted by Crippen LogP contribution is 2.30. The molecule has 1 heterocycles. The summed E-state index contributed by atoms with van der Waals surface area (Å²) in [6.07, 6.45) is 4.34. The Morgan fingerprint density at radius 1 is 0.923 bits per heavy atom. The summed E-state index contributed by atoms with van der Waals surface area (Å²) < 4.78 is 49.7. The molecule has 1 saturated carbocycles. The fourth-order valence-corrected chi connectivity index (χ4v) is 7.20. The van der Waals surface area contributed by atoms with E-state index in [1.165, 1.54) is 17.0 Å². The van der Waals surface area contributed by atoms with E-state index in [0.29, 0.717) is 0 Å². The molecule has 1 aliphatic carbocycles. The van der Waals surface area contributed by atoms with Crippen molar-refractivity contribution in [2.24, 2.45) is 0 Å². The van der Waals surface area contributed by atoms with Crippen molar-refractivity contribution in [3.05, 3.63) is 30.3 Å². The predicted octanol–water partition coefficient (Wildman–Crippen LogP) is 1.81. The van der Waals surface area contributed by atoms with E-state index in [1.54, 1.807) is 18.2 Å². The number of likely N-dealkylation sites (tertiary alicyclic amines) is 1. The van der Waals surface area contributed by atoms with Gasteiger partial charge in [0.05, 0.1) is 21.1 Å². The zero-order valence-electron chi connectivity index (χ0n) is 14.7. The van der Waals surface area contributed by atoms with Crippen molar-refractivity contribution < 1.29 is 21.6 Å². The van der Waals surface area contributed by atoms with Crippen LogP contribution in [0.5, 0.6) is 0 Å². The molecule has 2 fully saturated rings. The molecule has 1 aromatic carbocycles. The topological polar surface area (TPSA) is 88.6 Å². The van der Waals surface area contributed by atoms with Crippen LogP contribution in [0.4, 0.5) is 0 Å². The van der Waals surface area contributed by atoms with Gasteiger partial charge < -0.3 is 4.90 Å². The molecule has 0 unspecified atom stereocenters. The molecular weight excluding hydrogens is 374 g/mol. The van der Waals surface area contributed by atoms with E-state index >= 15 is 0 Å². The summed E-state index contributed by atoms with van der Waals surface area (Å²) in [5, 5.41) is -0.753. The fraction of sp³-hybridized carbons (Fsp3) is 0.611. The van der Waals surface area contributed by atoms with Crippen LogP contribution in [-0.2, 0) is 24.5 Å². The molecule has 0 N–H and O–H groups in total. The molecule has 2 aliphatic rings. The third-order valence-electron chi connectivity index (χ3n) is 5.37. The third kappa shape index (κ3) is 4.11. The minimum absolute atomic E-state index is 0.118.